The second kappa shape index (κ2) is 4.35. The Kier molecular flexibility index (Phi) is 3.10. The summed E-state index contributed by atoms with van der Waals surface area (Å²) in [5.74, 6) is -0.0970. The van der Waals surface area contributed by atoms with Gasteiger partial charge in [0.2, 0.25) is 5.91 Å². The lowest BCUT2D eigenvalue weighted by Gasteiger charge is -2.37. The number of nitrogens with zero attached hydrogens (tertiary/aromatic N) is 3. The molecular formula is C14H17N3O2. The second-order valence-electron chi connectivity index (χ2n) is 5.97. The van der Waals surface area contributed by atoms with Gasteiger partial charge in [0.15, 0.2) is 0 Å². The van der Waals surface area contributed by atoms with Crippen LogP contribution >= 0.6 is 0 Å². The molecule has 2 aliphatic carbocycles. The number of hydrogen-bond donors (Lipinski definition) is 0. The molecule has 2 rings (SSSR count). The Balaban J connectivity index is 2.39. The fourth-order valence-corrected chi connectivity index (χ4v) is 3.82. The molecule has 5 nitrogen and oxygen atoms in total. The van der Waals surface area contributed by atoms with Crippen molar-refractivity contribution in [3.05, 3.63) is 0 Å². The van der Waals surface area contributed by atoms with E-state index in [4.69, 9.17) is 10.5 Å². The standard InChI is InChI=1S/C14H17N3O2/c1-13(2)10-3-4-14(13,11(18)9-10)12(19)17(7-5-15)8-6-16/h10H,3-4,7-9H2,1-2H3. The van der Waals surface area contributed by atoms with E-state index in [0.29, 0.717) is 12.8 Å². The lowest BCUT2D eigenvalue weighted by molar-refractivity contribution is -0.152. The maximum atomic E-state index is 12.7. The Morgan fingerprint density at radius 2 is 1.95 bits per heavy atom. The molecule has 1 amide bonds. The molecule has 2 saturated carbocycles. The van der Waals surface area contributed by atoms with Gasteiger partial charge in [0.05, 0.1) is 12.1 Å². The number of Topliss-reactive ketones (excluding diaryl/α,β-unsaturated/α-hetero) is 1. The first kappa shape index (κ1) is 13.5. The fourth-order valence-electron chi connectivity index (χ4n) is 3.82. The minimum atomic E-state index is -1.01. The van der Waals surface area contributed by atoms with E-state index in [1.54, 1.807) is 0 Å². The first-order chi connectivity index (χ1) is 8.91. The van der Waals surface area contributed by atoms with Crippen molar-refractivity contribution < 1.29 is 9.59 Å². The van der Waals surface area contributed by atoms with Crippen molar-refractivity contribution in [2.75, 3.05) is 13.1 Å². The average molecular weight is 259 g/mol. The average Bonchev–Trinajstić information content (AvgIpc) is 2.72. The molecule has 2 aliphatic rings. The van der Waals surface area contributed by atoms with E-state index in [1.807, 2.05) is 26.0 Å². The number of nitriles is 2. The van der Waals surface area contributed by atoms with Crippen molar-refractivity contribution >= 4 is 11.7 Å². The molecule has 19 heavy (non-hydrogen) atoms. The summed E-state index contributed by atoms with van der Waals surface area (Å²) in [5.41, 5.74) is -1.38. The SMILES string of the molecule is CC1(C)C2CCC1(C(=O)N(CC#N)CC#N)C(=O)C2. The number of fused-ring (bicyclic) bond motifs is 2. The molecule has 0 radical (unpaired) electrons. The minimum Gasteiger partial charge on any atom is -0.315 e. The number of ketones is 1. The van der Waals surface area contributed by atoms with E-state index in [2.05, 4.69) is 0 Å². The molecule has 2 fully saturated rings. The van der Waals surface area contributed by atoms with Crippen LogP contribution in [-0.2, 0) is 9.59 Å². The number of rotatable bonds is 3. The summed E-state index contributed by atoms with van der Waals surface area (Å²) < 4.78 is 0. The Morgan fingerprint density at radius 1 is 1.37 bits per heavy atom. The van der Waals surface area contributed by atoms with Crippen molar-refractivity contribution in [1.29, 1.82) is 10.5 Å². The molecule has 100 valence electrons. The van der Waals surface area contributed by atoms with E-state index >= 15 is 0 Å². The van der Waals surface area contributed by atoms with Crippen LogP contribution in [0.25, 0.3) is 0 Å². The van der Waals surface area contributed by atoms with E-state index in [1.165, 1.54) is 4.90 Å². The monoisotopic (exact) mass is 259 g/mol. The van der Waals surface area contributed by atoms with Crippen LogP contribution in [0.15, 0.2) is 0 Å². The maximum absolute atomic E-state index is 12.7. The number of hydrogen-bond acceptors (Lipinski definition) is 4. The molecule has 0 saturated heterocycles. The smallest absolute Gasteiger partial charge is 0.238 e. The van der Waals surface area contributed by atoms with Crippen LogP contribution in [-0.4, -0.2) is 29.7 Å². The third-order valence-electron chi connectivity index (χ3n) is 5.07. The van der Waals surface area contributed by atoms with Gasteiger partial charge in [0, 0.05) is 6.42 Å². The van der Waals surface area contributed by atoms with Gasteiger partial charge in [0.1, 0.15) is 24.3 Å². The molecule has 0 aromatic heterocycles. The molecule has 0 heterocycles. The molecule has 5 heteroatoms. The maximum Gasteiger partial charge on any atom is 0.238 e. The van der Waals surface area contributed by atoms with Crippen molar-refractivity contribution in [2.24, 2.45) is 16.7 Å². The van der Waals surface area contributed by atoms with Crippen LogP contribution in [0.2, 0.25) is 0 Å². The van der Waals surface area contributed by atoms with Crippen LogP contribution in [0.3, 0.4) is 0 Å². The van der Waals surface area contributed by atoms with Gasteiger partial charge in [-0.25, -0.2) is 0 Å². The van der Waals surface area contributed by atoms with Crippen LogP contribution in [0, 0.1) is 39.4 Å². The minimum absolute atomic E-state index is 0.0142. The number of amides is 1. The van der Waals surface area contributed by atoms with E-state index in [9.17, 15) is 9.59 Å². The summed E-state index contributed by atoms with van der Waals surface area (Å²) in [6.45, 7) is 3.65. The summed E-state index contributed by atoms with van der Waals surface area (Å²) in [6, 6.07) is 3.79. The van der Waals surface area contributed by atoms with Gasteiger partial charge in [0.25, 0.3) is 0 Å². The lowest BCUT2D eigenvalue weighted by Crippen LogP contribution is -2.51. The molecule has 0 N–H and O–H groups in total. The topological polar surface area (TPSA) is 85.0 Å². The molecule has 0 aliphatic heterocycles. The molecule has 2 bridgehead atoms. The quantitative estimate of drug-likeness (QED) is 0.564. The Hall–Kier alpha value is -1.88. The van der Waals surface area contributed by atoms with Gasteiger partial charge >= 0.3 is 0 Å². The Morgan fingerprint density at radius 3 is 2.32 bits per heavy atom. The summed E-state index contributed by atoms with van der Waals surface area (Å²) in [6.07, 6.45) is 1.87. The Bertz CT molecular complexity index is 496. The van der Waals surface area contributed by atoms with E-state index in [0.717, 1.165) is 6.42 Å². The van der Waals surface area contributed by atoms with Gasteiger partial charge in [-0.1, -0.05) is 13.8 Å². The molecule has 0 aromatic carbocycles. The molecule has 0 aromatic rings. The van der Waals surface area contributed by atoms with Crippen LogP contribution in [0.4, 0.5) is 0 Å². The first-order valence-electron chi connectivity index (χ1n) is 6.48. The van der Waals surface area contributed by atoms with Crippen molar-refractivity contribution in [1.82, 2.24) is 4.90 Å². The highest BCUT2D eigenvalue weighted by molar-refractivity contribution is 6.09. The van der Waals surface area contributed by atoms with Crippen molar-refractivity contribution in [3.8, 4) is 12.1 Å². The van der Waals surface area contributed by atoms with Crippen LogP contribution in [0.5, 0.6) is 0 Å². The highest BCUT2D eigenvalue weighted by Gasteiger charge is 2.68. The lowest BCUT2D eigenvalue weighted by atomic mass is 9.68. The third kappa shape index (κ3) is 1.58. The van der Waals surface area contributed by atoms with Gasteiger partial charge in [-0.15, -0.1) is 0 Å². The second-order valence-corrected chi connectivity index (χ2v) is 5.97. The molecular weight excluding hydrogens is 242 g/mol. The normalized spacial score (nSPS) is 30.7. The summed E-state index contributed by atoms with van der Waals surface area (Å²) >= 11 is 0. The van der Waals surface area contributed by atoms with Crippen LogP contribution in [0.1, 0.15) is 33.1 Å². The van der Waals surface area contributed by atoms with Gasteiger partial charge in [-0.05, 0) is 24.2 Å². The van der Waals surface area contributed by atoms with Crippen LogP contribution < -0.4 is 0 Å². The largest absolute Gasteiger partial charge is 0.315 e. The zero-order valence-corrected chi connectivity index (χ0v) is 11.3. The summed E-state index contributed by atoms with van der Waals surface area (Å²) in [7, 11) is 0. The predicted octanol–water partition coefficient (Wildman–Crippen LogP) is 1.26. The van der Waals surface area contributed by atoms with E-state index in [-0.39, 0.29) is 36.1 Å². The van der Waals surface area contributed by atoms with Gasteiger partial charge in [-0.2, -0.15) is 10.5 Å². The van der Waals surface area contributed by atoms with E-state index < -0.39 is 5.41 Å². The molecule has 0 spiro atoms. The highest BCUT2D eigenvalue weighted by atomic mass is 16.2. The first-order valence-corrected chi connectivity index (χ1v) is 6.48. The molecule has 2 atom stereocenters. The zero-order valence-electron chi connectivity index (χ0n) is 11.3. The highest BCUT2D eigenvalue weighted by Crippen LogP contribution is 2.64. The summed E-state index contributed by atoms with van der Waals surface area (Å²) in [5, 5.41) is 17.6. The number of carbonyl (C=O) groups is 2. The predicted molar refractivity (Wildman–Crippen MR) is 66.4 cm³/mol. The van der Waals surface area contributed by atoms with Crippen molar-refractivity contribution in [2.45, 2.75) is 33.1 Å². The zero-order chi connectivity index (χ0) is 14.3. The molecule has 2 unspecified atom stereocenters. The number of carbonyl (C=O) groups excluding carboxylic acids is 2. The summed E-state index contributed by atoms with van der Waals surface area (Å²) in [4.78, 5) is 26.3. The van der Waals surface area contributed by atoms with Gasteiger partial charge in [-0.3, -0.25) is 9.59 Å². The Labute approximate surface area is 112 Å². The van der Waals surface area contributed by atoms with Gasteiger partial charge < -0.3 is 4.90 Å². The van der Waals surface area contributed by atoms with Crippen molar-refractivity contribution in [3.63, 3.8) is 0 Å². The third-order valence-corrected chi connectivity index (χ3v) is 5.07. The fraction of sp³-hybridized carbons (Fsp3) is 0.714.